The summed E-state index contributed by atoms with van der Waals surface area (Å²) < 4.78 is 0. The number of rotatable bonds is 8. The summed E-state index contributed by atoms with van der Waals surface area (Å²) in [6.07, 6.45) is 2.16. The van der Waals surface area contributed by atoms with Gasteiger partial charge in [-0.05, 0) is 47.1 Å². The Morgan fingerprint density at radius 2 is 1.11 bits per heavy atom. The lowest BCUT2D eigenvalue weighted by molar-refractivity contribution is 0.506. The maximum Gasteiger partial charge on any atom is 0.161 e. The molecular weight excluding hydrogens is 426 g/mol. The van der Waals surface area contributed by atoms with Gasteiger partial charge >= 0.3 is 0 Å². The van der Waals surface area contributed by atoms with E-state index in [0.29, 0.717) is 18.2 Å². The Morgan fingerprint density at radius 3 is 1.54 bits per heavy atom. The maximum absolute atomic E-state index is 4.91. The highest BCUT2D eigenvalue weighted by Crippen LogP contribution is 2.28. The zero-order chi connectivity index (χ0) is 25.5. The smallest absolute Gasteiger partial charge is 0.161 e. The first-order valence-electron chi connectivity index (χ1n) is 12.6. The highest BCUT2D eigenvalue weighted by molar-refractivity contribution is 6.12. The first kappa shape index (κ1) is 26.3. The predicted molar refractivity (Wildman–Crippen MR) is 152 cm³/mol. The van der Waals surface area contributed by atoms with Crippen LogP contribution in [0.1, 0.15) is 82.2 Å². The van der Waals surface area contributed by atoms with E-state index in [1.807, 2.05) is 18.2 Å². The monoisotopic (exact) mass is 465 g/mol. The van der Waals surface area contributed by atoms with Crippen molar-refractivity contribution in [2.75, 3.05) is 0 Å². The minimum Gasteiger partial charge on any atom is -0.261 e. The van der Waals surface area contributed by atoms with Gasteiger partial charge in [0.25, 0.3) is 0 Å². The molecule has 3 aromatic rings. The van der Waals surface area contributed by atoms with Crippen LogP contribution in [0.5, 0.6) is 0 Å². The zero-order valence-electron chi connectivity index (χ0n) is 22.2. The molecule has 0 amide bonds. The van der Waals surface area contributed by atoms with Crippen LogP contribution >= 0.6 is 0 Å². The van der Waals surface area contributed by atoms with Gasteiger partial charge in [-0.15, -0.1) is 0 Å². The van der Waals surface area contributed by atoms with Crippen LogP contribution in [0.25, 0.3) is 0 Å². The quantitative estimate of drug-likeness (QED) is 0.238. The van der Waals surface area contributed by atoms with E-state index in [4.69, 9.17) is 9.98 Å². The Hall–Kier alpha value is -3.33. The molecule has 0 fully saturated rings. The standard InChI is InChI=1S/C32H39N3/c1-8-31(3,4)27-19-15-25(16-20-27)29(33-7)35-30(34-23-24-13-11-10-12-14-24)26-17-21-28(22-18-26)32(5,6)9-2/h10-22H,7-9,23H2,1-6H3/b34-30-,35-29-. The average molecular weight is 466 g/mol. The first-order valence-corrected chi connectivity index (χ1v) is 12.6. The zero-order valence-corrected chi connectivity index (χ0v) is 22.2. The summed E-state index contributed by atoms with van der Waals surface area (Å²) in [5.41, 5.74) is 5.93. The summed E-state index contributed by atoms with van der Waals surface area (Å²) in [7, 11) is 0. The van der Waals surface area contributed by atoms with E-state index in [-0.39, 0.29) is 10.8 Å². The van der Waals surface area contributed by atoms with Crippen LogP contribution in [0.15, 0.2) is 93.8 Å². The second-order valence-electron chi connectivity index (χ2n) is 10.3. The highest BCUT2D eigenvalue weighted by atomic mass is 15.0. The first-order chi connectivity index (χ1) is 16.7. The van der Waals surface area contributed by atoms with Crippen LogP contribution in [-0.4, -0.2) is 18.4 Å². The highest BCUT2D eigenvalue weighted by Gasteiger charge is 2.19. The van der Waals surface area contributed by atoms with Crippen molar-refractivity contribution in [2.24, 2.45) is 15.0 Å². The second-order valence-corrected chi connectivity index (χ2v) is 10.3. The van der Waals surface area contributed by atoms with Crippen molar-refractivity contribution in [3.05, 3.63) is 107 Å². The Labute approximate surface area is 211 Å². The van der Waals surface area contributed by atoms with Crippen LogP contribution in [-0.2, 0) is 17.4 Å². The summed E-state index contributed by atoms with van der Waals surface area (Å²) in [5.74, 6) is 1.24. The third-order valence-corrected chi connectivity index (χ3v) is 7.23. The van der Waals surface area contributed by atoms with Gasteiger partial charge in [-0.25, -0.2) is 9.98 Å². The molecule has 3 nitrogen and oxygen atoms in total. The number of amidine groups is 2. The Bertz CT molecular complexity index is 1170. The molecule has 0 aliphatic carbocycles. The number of aliphatic imine (C=N–C) groups is 3. The van der Waals surface area contributed by atoms with Crippen molar-refractivity contribution in [1.82, 2.24) is 0 Å². The van der Waals surface area contributed by atoms with Crippen molar-refractivity contribution in [2.45, 2.75) is 71.8 Å². The molecule has 0 atom stereocenters. The fourth-order valence-corrected chi connectivity index (χ4v) is 3.78. The van der Waals surface area contributed by atoms with Gasteiger partial charge in [0, 0.05) is 11.1 Å². The molecule has 35 heavy (non-hydrogen) atoms. The fraction of sp³-hybridized carbons (Fsp3) is 0.344. The normalized spacial score (nSPS) is 13.1. The molecule has 3 aromatic carbocycles. The SMILES string of the molecule is C=N/C(=N\C(=N/Cc1ccccc1)c1ccc(C(C)(C)CC)cc1)c1ccc(C(C)(C)CC)cc1. The lowest BCUT2D eigenvalue weighted by atomic mass is 9.82. The molecule has 3 rings (SSSR count). The van der Waals surface area contributed by atoms with Crippen molar-refractivity contribution in [3.8, 4) is 0 Å². The molecule has 0 saturated carbocycles. The summed E-state index contributed by atoms with van der Waals surface area (Å²) in [6.45, 7) is 17.9. The van der Waals surface area contributed by atoms with Crippen LogP contribution in [0.2, 0.25) is 0 Å². The molecule has 0 radical (unpaired) electrons. The van der Waals surface area contributed by atoms with Gasteiger partial charge in [0.15, 0.2) is 11.7 Å². The van der Waals surface area contributed by atoms with Gasteiger partial charge < -0.3 is 0 Å². The third-order valence-electron chi connectivity index (χ3n) is 7.23. The van der Waals surface area contributed by atoms with Crippen LogP contribution in [0.3, 0.4) is 0 Å². The molecule has 182 valence electrons. The van der Waals surface area contributed by atoms with Gasteiger partial charge in [0.2, 0.25) is 0 Å². The van der Waals surface area contributed by atoms with Crippen LogP contribution < -0.4 is 0 Å². The molecule has 0 aromatic heterocycles. The summed E-state index contributed by atoms with van der Waals surface area (Å²) in [6, 6.07) is 27.4. The number of nitrogens with zero attached hydrogens (tertiary/aromatic N) is 3. The number of hydrogen-bond acceptors (Lipinski definition) is 1. The maximum atomic E-state index is 4.91. The average Bonchev–Trinajstić information content (AvgIpc) is 2.89. The Balaban J connectivity index is 2.01. The molecule has 0 spiro atoms. The largest absolute Gasteiger partial charge is 0.261 e. The minimum absolute atomic E-state index is 0.130. The lowest BCUT2D eigenvalue weighted by Crippen LogP contribution is -2.16. The van der Waals surface area contributed by atoms with E-state index < -0.39 is 0 Å². The molecule has 0 heterocycles. The fourth-order valence-electron chi connectivity index (χ4n) is 3.78. The molecular formula is C32H39N3. The van der Waals surface area contributed by atoms with Crippen LogP contribution in [0, 0.1) is 0 Å². The van der Waals surface area contributed by atoms with Gasteiger partial charge in [0.05, 0.1) is 6.54 Å². The topological polar surface area (TPSA) is 37.1 Å². The molecule has 0 aliphatic rings. The van der Waals surface area contributed by atoms with Gasteiger partial charge in [0.1, 0.15) is 0 Å². The summed E-state index contributed by atoms with van der Waals surface area (Å²) >= 11 is 0. The van der Waals surface area contributed by atoms with Gasteiger partial charge in [-0.1, -0.05) is 120 Å². The van der Waals surface area contributed by atoms with Gasteiger partial charge in [-0.3, -0.25) is 4.99 Å². The van der Waals surface area contributed by atoms with E-state index in [9.17, 15) is 0 Å². The number of benzene rings is 3. The van der Waals surface area contributed by atoms with E-state index in [0.717, 1.165) is 29.5 Å². The van der Waals surface area contributed by atoms with Crippen molar-refractivity contribution >= 4 is 18.4 Å². The molecule has 0 saturated heterocycles. The Morgan fingerprint density at radius 1 is 0.657 bits per heavy atom. The molecule has 3 heteroatoms. The number of hydrogen-bond donors (Lipinski definition) is 0. The minimum atomic E-state index is 0.130. The Kier molecular flexibility index (Phi) is 8.56. The van der Waals surface area contributed by atoms with E-state index in [1.165, 1.54) is 11.1 Å². The second kappa shape index (κ2) is 11.4. The third kappa shape index (κ3) is 6.63. The van der Waals surface area contributed by atoms with E-state index >= 15 is 0 Å². The molecule has 0 aliphatic heterocycles. The summed E-state index contributed by atoms with van der Waals surface area (Å²) in [5, 5.41) is 0. The molecule has 0 bridgehead atoms. The van der Waals surface area contributed by atoms with E-state index in [1.54, 1.807) is 0 Å². The molecule has 0 N–H and O–H groups in total. The van der Waals surface area contributed by atoms with E-state index in [2.05, 4.69) is 114 Å². The van der Waals surface area contributed by atoms with Crippen molar-refractivity contribution < 1.29 is 0 Å². The van der Waals surface area contributed by atoms with Crippen LogP contribution in [0.4, 0.5) is 0 Å². The molecule has 0 unspecified atom stereocenters. The van der Waals surface area contributed by atoms with Crippen molar-refractivity contribution in [1.29, 1.82) is 0 Å². The van der Waals surface area contributed by atoms with Crippen molar-refractivity contribution in [3.63, 3.8) is 0 Å². The predicted octanol–water partition coefficient (Wildman–Crippen LogP) is 8.16. The lowest BCUT2D eigenvalue weighted by Gasteiger charge is -2.23. The van der Waals surface area contributed by atoms with Gasteiger partial charge in [-0.2, -0.15) is 0 Å². The summed E-state index contributed by atoms with van der Waals surface area (Å²) in [4.78, 5) is 14.1.